The molecule has 3 nitrogen and oxygen atoms in total. The van der Waals surface area contributed by atoms with Crippen molar-refractivity contribution in [3.05, 3.63) is 0 Å². The maximum Gasteiger partial charge on any atom is 0.0743 e. The summed E-state index contributed by atoms with van der Waals surface area (Å²) in [4.78, 5) is 5.02. The molecule has 2 fully saturated rings. The first-order valence-corrected chi connectivity index (χ1v) is 7.17. The van der Waals surface area contributed by atoms with E-state index in [9.17, 15) is 5.11 Å². The second-order valence-electron chi connectivity index (χ2n) is 6.32. The van der Waals surface area contributed by atoms with E-state index >= 15 is 0 Å². The van der Waals surface area contributed by atoms with Gasteiger partial charge >= 0.3 is 0 Å². The van der Waals surface area contributed by atoms with Gasteiger partial charge in [0.15, 0.2) is 0 Å². The van der Waals surface area contributed by atoms with E-state index in [4.69, 9.17) is 0 Å². The third-order valence-corrected chi connectivity index (χ3v) is 4.76. The summed E-state index contributed by atoms with van der Waals surface area (Å²) in [5.41, 5.74) is -0.507. The molecule has 1 N–H and O–H groups in total. The van der Waals surface area contributed by atoms with Crippen LogP contribution in [0.25, 0.3) is 0 Å². The van der Waals surface area contributed by atoms with E-state index in [2.05, 4.69) is 23.8 Å². The molecule has 3 heteroatoms. The fourth-order valence-electron chi connectivity index (χ4n) is 3.46. The molecule has 100 valence electrons. The van der Waals surface area contributed by atoms with Crippen LogP contribution in [0.2, 0.25) is 0 Å². The first-order valence-electron chi connectivity index (χ1n) is 7.17. The highest BCUT2D eigenvalue weighted by Gasteiger charge is 2.35. The zero-order valence-corrected chi connectivity index (χ0v) is 11.7. The van der Waals surface area contributed by atoms with Crippen LogP contribution in [-0.4, -0.2) is 59.8 Å². The third-order valence-electron chi connectivity index (χ3n) is 4.76. The smallest absolute Gasteiger partial charge is 0.0743 e. The molecule has 0 radical (unpaired) electrons. The average Bonchev–Trinajstić information content (AvgIpc) is 2.29. The first-order chi connectivity index (χ1) is 8.02. The summed E-state index contributed by atoms with van der Waals surface area (Å²) >= 11 is 0. The predicted molar refractivity (Wildman–Crippen MR) is 71.1 cm³/mol. The molecule has 2 aliphatic heterocycles. The molecule has 0 bridgehead atoms. The van der Waals surface area contributed by atoms with Gasteiger partial charge in [-0.3, -0.25) is 0 Å². The van der Waals surface area contributed by atoms with E-state index in [1.54, 1.807) is 0 Å². The summed E-state index contributed by atoms with van der Waals surface area (Å²) in [6, 6.07) is 0.798. The lowest BCUT2D eigenvalue weighted by molar-refractivity contribution is -0.0208. The standard InChI is InChI=1S/C14H28N2O/c1-4-14(2,17)11-16-9-7-13-12(10-16)6-5-8-15(13)3/h12-13,17H,4-11H2,1-3H3. The molecule has 0 aromatic rings. The third kappa shape index (κ3) is 3.21. The number of hydrogen-bond donors (Lipinski definition) is 1. The molecule has 0 amide bonds. The van der Waals surface area contributed by atoms with Gasteiger partial charge in [-0.05, 0) is 58.7 Å². The van der Waals surface area contributed by atoms with Crippen LogP contribution in [0.3, 0.4) is 0 Å². The summed E-state index contributed by atoms with van der Waals surface area (Å²) in [6.45, 7) is 8.49. The van der Waals surface area contributed by atoms with Crippen molar-refractivity contribution in [3.63, 3.8) is 0 Å². The monoisotopic (exact) mass is 240 g/mol. The molecule has 2 heterocycles. The summed E-state index contributed by atoms with van der Waals surface area (Å²) in [6.07, 6.45) is 4.84. The lowest BCUT2D eigenvalue weighted by atomic mass is 9.83. The highest BCUT2D eigenvalue weighted by atomic mass is 16.3. The first kappa shape index (κ1) is 13.3. The van der Waals surface area contributed by atoms with Gasteiger partial charge in [0.1, 0.15) is 0 Å². The minimum atomic E-state index is -0.507. The van der Waals surface area contributed by atoms with Crippen molar-refractivity contribution in [1.82, 2.24) is 9.80 Å². The molecule has 3 unspecified atom stereocenters. The van der Waals surface area contributed by atoms with E-state index in [-0.39, 0.29) is 0 Å². The second-order valence-corrected chi connectivity index (χ2v) is 6.32. The zero-order chi connectivity index (χ0) is 12.5. The molecule has 2 aliphatic rings. The highest BCUT2D eigenvalue weighted by Crippen LogP contribution is 2.30. The van der Waals surface area contributed by atoms with E-state index in [1.165, 1.54) is 32.4 Å². The molecule has 0 saturated carbocycles. The van der Waals surface area contributed by atoms with Crippen molar-refractivity contribution in [1.29, 1.82) is 0 Å². The Balaban J connectivity index is 1.89. The van der Waals surface area contributed by atoms with Gasteiger partial charge in [-0.15, -0.1) is 0 Å². The number of aliphatic hydroxyl groups is 1. The van der Waals surface area contributed by atoms with Crippen LogP contribution in [0.4, 0.5) is 0 Å². The molecule has 2 saturated heterocycles. The average molecular weight is 240 g/mol. The Bertz CT molecular complexity index is 255. The van der Waals surface area contributed by atoms with Crippen LogP contribution in [-0.2, 0) is 0 Å². The molecule has 3 atom stereocenters. The van der Waals surface area contributed by atoms with Gasteiger partial charge in [0, 0.05) is 19.1 Å². The Morgan fingerprint density at radius 2 is 2.06 bits per heavy atom. The zero-order valence-electron chi connectivity index (χ0n) is 11.7. The van der Waals surface area contributed by atoms with Crippen molar-refractivity contribution in [2.24, 2.45) is 5.92 Å². The van der Waals surface area contributed by atoms with Gasteiger partial charge in [-0.25, -0.2) is 0 Å². The van der Waals surface area contributed by atoms with Crippen LogP contribution in [0.5, 0.6) is 0 Å². The normalized spacial score (nSPS) is 35.3. The van der Waals surface area contributed by atoms with Crippen LogP contribution >= 0.6 is 0 Å². The Morgan fingerprint density at radius 3 is 2.76 bits per heavy atom. The number of likely N-dealkylation sites (tertiary alicyclic amines) is 2. The summed E-state index contributed by atoms with van der Waals surface area (Å²) < 4.78 is 0. The summed E-state index contributed by atoms with van der Waals surface area (Å²) in [5.74, 6) is 0.829. The van der Waals surface area contributed by atoms with Crippen molar-refractivity contribution < 1.29 is 5.11 Å². The second kappa shape index (κ2) is 5.25. The maximum absolute atomic E-state index is 10.2. The Kier molecular flexibility index (Phi) is 4.11. The SMILES string of the molecule is CCC(C)(O)CN1CCC2C(CCCN2C)C1. The molecule has 0 aromatic carbocycles. The number of β-amino-alcohol motifs (C(OH)–C–C–N with tert-alkyl or cyclic N) is 1. The fourth-order valence-corrected chi connectivity index (χ4v) is 3.46. The van der Waals surface area contributed by atoms with Crippen LogP contribution in [0.15, 0.2) is 0 Å². The van der Waals surface area contributed by atoms with Gasteiger partial charge in [-0.1, -0.05) is 6.92 Å². The van der Waals surface area contributed by atoms with Gasteiger partial charge < -0.3 is 14.9 Å². The van der Waals surface area contributed by atoms with Gasteiger partial charge in [0.25, 0.3) is 0 Å². The lowest BCUT2D eigenvalue weighted by Crippen LogP contribution is -2.55. The highest BCUT2D eigenvalue weighted by molar-refractivity contribution is 4.90. The van der Waals surface area contributed by atoms with E-state index in [0.29, 0.717) is 0 Å². The topological polar surface area (TPSA) is 26.7 Å². The van der Waals surface area contributed by atoms with Crippen molar-refractivity contribution in [2.45, 2.75) is 51.2 Å². The van der Waals surface area contributed by atoms with E-state index in [0.717, 1.165) is 31.5 Å². The molecule has 17 heavy (non-hydrogen) atoms. The number of nitrogens with zero attached hydrogens (tertiary/aromatic N) is 2. The number of piperidine rings is 2. The van der Waals surface area contributed by atoms with Gasteiger partial charge in [-0.2, -0.15) is 0 Å². The number of fused-ring (bicyclic) bond motifs is 1. The molecule has 2 rings (SSSR count). The fraction of sp³-hybridized carbons (Fsp3) is 1.00. The largest absolute Gasteiger partial charge is 0.389 e. The Hall–Kier alpha value is -0.120. The van der Waals surface area contributed by atoms with Crippen LogP contribution < -0.4 is 0 Å². The number of hydrogen-bond acceptors (Lipinski definition) is 3. The maximum atomic E-state index is 10.2. The molecular weight excluding hydrogens is 212 g/mol. The van der Waals surface area contributed by atoms with Crippen molar-refractivity contribution in [3.8, 4) is 0 Å². The van der Waals surface area contributed by atoms with Crippen LogP contribution in [0, 0.1) is 5.92 Å². The lowest BCUT2D eigenvalue weighted by Gasteiger charge is -2.47. The van der Waals surface area contributed by atoms with Crippen LogP contribution in [0.1, 0.15) is 39.5 Å². The van der Waals surface area contributed by atoms with Gasteiger partial charge in [0.05, 0.1) is 5.60 Å². The molecule has 0 aliphatic carbocycles. The minimum Gasteiger partial charge on any atom is -0.389 e. The Labute approximate surface area is 106 Å². The van der Waals surface area contributed by atoms with E-state index in [1.807, 2.05) is 6.92 Å². The number of rotatable bonds is 3. The quantitative estimate of drug-likeness (QED) is 0.811. The molecule has 0 aromatic heterocycles. The van der Waals surface area contributed by atoms with Gasteiger partial charge in [0.2, 0.25) is 0 Å². The summed E-state index contributed by atoms with van der Waals surface area (Å²) in [5, 5.41) is 10.2. The Morgan fingerprint density at radius 1 is 1.29 bits per heavy atom. The van der Waals surface area contributed by atoms with Crippen molar-refractivity contribution in [2.75, 3.05) is 33.2 Å². The predicted octanol–water partition coefficient (Wildman–Crippen LogP) is 1.56. The minimum absolute atomic E-state index is 0.507. The van der Waals surface area contributed by atoms with Crippen molar-refractivity contribution >= 4 is 0 Å². The molecule has 0 spiro atoms. The van der Waals surface area contributed by atoms with E-state index < -0.39 is 5.60 Å². The molecular formula is C14H28N2O. The summed E-state index contributed by atoms with van der Waals surface area (Å²) in [7, 11) is 2.27.